The van der Waals surface area contributed by atoms with Crippen LogP contribution in [0, 0.1) is 11.7 Å². The highest BCUT2D eigenvalue weighted by Crippen LogP contribution is 2.13. The van der Waals surface area contributed by atoms with Crippen LogP contribution in [-0.2, 0) is 4.79 Å². The summed E-state index contributed by atoms with van der Waals surface area (Å²) in [5.74, 6) is -0.220. The number of hydrogen-bond donors (Lipinski definition) is 2. The van der Waals surface area contributed by atoms with Gasteiger partial charge in [0.25, 0.3) is 0 Å². The second kappa shape index (κ2) is 8.72. The molecule has 1 amide bonds. The van der Waals surface area contributed by atoms with Crippen molar-refractivity contribution in [3.05, 3.63) is 30.1 Å². The van der Waals surface area contributed by atoms with Crippen molar-refractivity contribution in [3.8, 4) is 5.75 Å². The fraction of sp³-hybridized carbons (Fsp3) is 0.462. The SMILES string of the molecule is CC(CNC(=O)C(C)CN)Oc1cccc(F)c1.Cl. The number of halogens is 2. The second-order valence-corrected chi connectivity index (χ2v) is 4.27. The summed E-state index contributed by atoms with van der Waals surface area (Å²) >= 11 is 0. The number of carbonyl (C=O) groups excluding carboxylic acids is 1. The van der Waals surface area contributed by atoms with Gasteiger partial charge in [-0.15, -0.1) is 12.4 Å². The minimum Gasteiger partial charge on any atom is -0.489 e. The number of amides is 1. The van der Waals surface area contributed by atoms with E-state index in [2.05, 4.69) is 5.32 Å². The van der Waals surface area contributed by atoms with E-state index in [4.69, 9.17) is 10.5 Å². The normalized spacial score (nSPS) is 13.1. The van der Waals surface area contributed by atoms with Crippen molar-refractivity contribution in [3.63, 3.8) is 0 Å². The van der Waals surface area contributed by atoms with Gasteiger partial charge in [-0.2, -0.15) is 0 Å². The summed E-state index contributed by atoms with van der Waals surface area (Å²) in [4.78, 5) is 11.5. The van der Waals surface area contributed by atoms with Crippen LogP contribution in [0.3, 0.4) is 0 Å². The molecule has 0 saturated heterocycles. The first-order chi connectivity index (χ1) is 8.52. The van der Waals surface area contributed by atoms with Crippen molar-refractivity contribution in [2.45, 2.75) is 20.0 Å². The van der Waals surface area contributed by atoms with E-state index >= 15 is 0 Å². The third-order valence-electron chi connectivity index (χ3n) is 2.50. The molecule has 0 spiro atoms. The zero-order valence-corrected chi connectivity index (χ0v) is 11.9. The molecular weight excluding hydrogens is 271 g/mol. The molecule has 1 rings (SSSR count). The molecule has 0 aliphatic carbocycles. The maximum Gasteiger partial charge on any atom is 0.224 e. The predicted octanol–water partition coefficient (Wildman–Crippen LogP) is 1.73. The standard InChI is InChI=1S/C13H19FN2O2.ClH/c1-9(7-15)13(17)16-8-10(2)18-12-5-3-4-11(14)6-12;/h3-6,9-10H,7-8,15H2,1-2H3,(H,16,17);1H. The molecule has 19 heavy (non-hydrogen) atoms. The Morgan fingerprint density at radius 3 is 2.74 bits per heavy atom. The highest BCUT2D eigenvalue weighted by molar-refractivity contribution is 5.85. The smallest absolute Gasteiger partial charge is 0.224 e. The van der Waals surface area contributed by atoms with E-state index in [1.807, 2.05) is 0 Å². The molecule has 4 nitrogen and oxygen atoms in total. The molecule has 0 radical (unpaired) electrons. The number of nitrogens with two attached hydrogens (primary N) is 1. The Bertz CT molecular complexity index is 404. The Balaban J connectivity index is 0.00000324. The summed E-state index contributed by atoms with van der Waals surface area (Å²) in [7, 11) is 0. The predicted molar refractivity (Wildman–Crippen MR) is 75.0 cm³/mol. The molecule has 6 heteroatoms. The maximum atomic E-state index is 12.9. The summed E-state index contributed by atoms with van der Waals surface area (Å²) in [5, 5.41) is 2.73. The van der Waals surface area contributed by atoms with Crippen LogP contribution in [0.1, 0.15) is 13.8 Å². The summed E-state index contributed by atoms with van der Waals surface area (Å²) < 4.78 is 18.4. The molecule has 2 unspecified atom stereocenters. The number of hydrogen-bond acceptors (Lipinski definition) is 3. The van der Waals surface area contributed by atoms with Crippen LogP contribution < -0.4 is 15.8 Å². The zero-order chi connectivity index (χ0) is 13.5. The van der Waals surface area contributed by atoms with Crippen molar-refractivity contribution in [2.24, 2.45) is 11.7 Å². The minimum atomic E-state index is -0.347. The quantitative estimate of drug-likeness (QED) is 0.838. The Kier molecular flexibility index (Phi) is 8.11. The average Bonchev–Trinajstić information content (AvgIpc) is 2.35. The lowest BCUT2D eigenvalue weighted by Gasteiger charge is -2.17. The molecule has 0 aliphatic heterocycles. The highest BCUT2D eigenvalue weighted by atomic mass is 35.5. The fourth-order valence-electron chi connectivity index (χ4n) is 1.34. The number of carbonyl (C=O) groups is 1. The van der Waals surface area contributed by atoms with E-state index < -0.39 is 0 Å². The number of nitrogens with one attached hydrogen (secondary N) is 1. The van der Waals surface area contributed by atoms with E-state index in [0.29, 0.717) is 18.8 Å². The molecule has 0 saturated carbocycles. The van der Waals surface area contributed by atoms with Crippen LogP contribution >= 0.6 is 12.4 Å². The molecule has 1 aromatic rings. The first-order valence-electron chi connectivity index (χ1n) is 5.93. The van der Waals surface area contributed by atoms with Crippen molar-refractivity contribution in [1.82, 2.24) is 5.32 Å². The molecule has 0 fully saturated rings. The molecule has 3 N–H and O–H groups in total. The van der Waals surface area contributed by atoms with Gasteiger partial charge in [0.1, 0.15) is 17.7 Å². The van der Waals surface area contributed by atoms with Crippen LogP contribution in [0.2, 0.25) is 0 Å². The van der Waals surface area contributed by atoms with Gasteiger partial charge in [-0.05, 0) is 19.1 Å². The lowest BCUT2D eigenvalue weighted by molar-refractivity contribution is -0.124. The Morgan fingerprint density at radius 2 is 2.16 bits per heavy atom. The summed E-state index contributed by atoms with van der Waals surface area (Å²) in [6.07, 6.45) is -0.235. The second-order valence-electron chi connectivity index (χ2n) is 4.27. The monoisotopic (exact) mass is 290 g/mol. The van der Waals surface area contributed by atoms with Crippen molar-refractivity contribution >= 4 is 18.3 Å². The van der Waals surface area contributed by atoms with Crippen LogP contribution in [-0.4, -0.2) is 25.1 Å². The van der Waals surface area contributed by atoms with Crippen LogP contribution in [0.5, 0.6) is 5.75 Å². The number of benzene rings is 1. The van der Waals surface area contributed by atoms with Gasteiger partial charge in [0, 0.05) is 18.5 Å². The maximum absolute atomic E-state index is 12.9. The van der Waals surface area contributed by atoms with Crippen LogP contribution in [0.25, 0.3) is 0 Å². The zero-order valence-electron chi connectivity index (χ0n) is 11.1. The first kappa shape index (κ1) is 17.7. The molecule has 0 bridgehead atoms. The molecular formula is C13H20ClFN2O2. The van der Waals surface area contributed by atoms with E-state index in [1.54, 1.807) is 26.0 Å². The average molecular weight is 291 g/mol. The van der Waals surface area contributed by atoms with E-state index in [0.717, 1.165) is 0 Å². The van der Waals surface area contributed by atoms with Gasteiger partial charge in [0.2, 0.25) is 5.91 Å². The topological polar surface area (TPSA) is 64.4 Å². The largest absolute Gasteiger partial charge is 0.489 e. The van der Waals surface area contributed by atoms with E-state index in [1.165, 1.54) is 12.1 Å². The third-order valence-corrected chi connectivity index (χ3v) is 2.50. The summed E-state index contributed by atoms with van der Waals surface area (Å²) in [5.41, 5.74) is 5.39. The third kappa shape index (κ3) is 6.40. The van der Waals surface area contributed by atoms with Gasteiger partial charge in [-0.25, -0.2) is 4.39 Å². The van der Waals surface area contributed by atoms with Gasteiger partial charge in [0.05, 0.1) is 6.54 Å². The van der Waals surface area contributed by atoms with Gasteiger partial charge < -0.3 is 15.8 Å². The molecule has 0 heterocycles. The molecule has 0 aliphatic rings. The lowest BCUT2D eigenvalue weighted by atomic mass is 10.1. The lowest BCUT2D eigenvalue weighted by Crippen LogP contribution is -2.38. The van der Waals surface area contributed by atoms with Crippen molar-refractivity contribution in [2.75, 3.05) is 13.1 Å². The Hall–Kier alpha value is -1.33. The van der Waals surface area contributed by atoms with Crippen molar-refractivity contribution in [1.29, 1.82) is 0 Å². The minimum absolute atomic E-state index is 0. The van der Waals surface area contributed by atoms with Gasteiger partial charge >= 0.3 is 0 Å². The van der Waals surface area contributed by atoms with Gasteiger partial charge in [-0.1, -0.05) is 13.0 Å². The highest BCUT2D eigenvalue weighted by Gasteiger charge is 2.12. The first-order valence-corrected chi connectivity index (χ1v) is 5.93. The van der Waals surface area contributed by atoms with Gasteiger partial charge in [-0.3, -0.25) is 4.79 Å². The molecule has 108 valence electrons. The molecule has 1 aromatic carbocycles. The number of rotatable bonds is 6. The Labute approximate surface area is 118 Å². The van der Waals surface area contributed by atoms with Crippen LogP contribution in [0.4, 0.5) is 4.39 Å². The van der Waals surface area contributed by atoms with Crippen molar-refractivity contribution < 1.29 is 13.9 Å². The number of ether oxygens (including phenoxy) is 1. The Morgan fingerprint density at radius 1 is 1.47 bits per heavy atom. The molecule has 0 aromatic heterocycles. The summed E-state index contributed by atoms with van der Waals surface area (Å²) in [6, 6.07) is 5.90. The van der Waals surface area contributed by atoms with Crippen LogP contribution in [0.15, 0.2) is 24.3 Å². The summed E-state index contributed by atoms with van der Waals surface area (Å²) in [6.45, 7) is 4.23. The van der Waals surface area contributed by atoms with E-state index in [9.17, 15) is 9.18 Å². The van der Waals surface area contributed by atoms with Gasteiger partial charge in [0.15, 0.2) is 0 Å². The molecule has 2 atom stereocenters. The fourth-order valence-corrected chi connectivity index (χ4v) is 1.34. The van der Waals surface area contributed by atoms with E-state index in [-0.39, 0.29) is 36.2 Å².